The second-order valence-electron chi connectivity index (χ2n) is 7.19. The number of carbonyl (C=O) groups is 1. The van der Waals surface area contributed by atoms with Crippen molar-refractivity contribution in [1.29, 1.82) is 0 Å². The highest BCUT2D eigenvalue weighted by Gasteiger charge is 2.26. The Kier molecular flexibility index (Phi) is 6.11. The first-order chi connectivity index (χ1) is 16.0. The molecule has 0 radical (unpaired) electrons. The van der Waals surface area contributed by atoms with Crippen molar-refractivity contribution in [3.63, 3.8) is 0 Å². The van der Waals surface area contributed by atoms with Crippen molar-refractivity contribution in [2.24, 2.45) is 0 Å². The van der Waals surface area contributed by atoms with Crippen LogP contribution in [0.15, 0.2) is 69.3 Å². The third kappa shape index (κ3) is 4.63. The van der Waals surface area contributed by atoms with Crippen LogP contribution in [0.1, 0.15) is 11.1 Å². The van der Waals surface area contributed by atoms with Crippen LogP contribution in [0.4, 0.5) is 20.2 Å². The maximum absolute atomic E-state index is 13.9. The second-order valence-corrected chi connectivity index (χ2v) is 10.3. The number of nitrogens with zero attached hydrogens (tertiary/aromatic N) is 1. The summed E-state index contributed by atoms with van der Waals surface area (Å²) < 4.78 is 53.3. The first-order valence-electron chi connectivity index (χ1n) is 9.53. The van der Waals surface area contributed by atoms with Crippen LogP contribution in [0.5, 0.6) is 5.75 Å². The van der Waals surface area contributed by atoms with Gasteiger partial charge in [-0.15, -0.1) is 0 Å². The lowest BCUT2D eigenvalue weighted by Crippen LogP contribution is -2.18. The number of sulfone groups is 1. The molecule has 0 saturated heterocycles. The van der Waals surface area contributed by atoms with Crippen molar-refractivity contribution in [1.82, 2.24) is 0 Å². The summed E-state index contributed by atoms with van der Waals surface area (Å²) in [7, 11) is -4.13. The maximum atomic E-state index is 13.9. The van der Waals surface area contributed by atoms with E-state index >= 15 is 0 Å². The highest BCUT2D eigenvalue weighted by atomic mass is 32.2. The Labute approximate surface area is 196 Å². The van der Waals surface area contributed by atoms with E-state index in [1.54, 1.807) is 0 Å². The van der Waals surface area contributed by atoms with E-state index in [-0.39, 0.29) is 15.5 Å². The number of thioether (sulfide) groups is 1. The molecule has 0 aliphatic carbocycles. The summed E-state index contributed by atoms with van der Waals surface area (Å²) in [5, 5.41) is 23.1. The fourth-order valence-corrected chi connectivity index (χ4v) is 5.53. The summed E-state index contributed by atoms with van der Waals surface area (Å²) in [5.74, 6) is -3.94. The van der Waals surface area contributed by atoms with Gasteiger partial charge in [0, 0.05) is 16.5 Å². The number of carbonyl (C=O) groups excluding carboxylic acids is 1. The van der Waals surface area contributed by atoms with Gasteiger partial charge in [0.05, 0.1) is 26.2 Å². The summed E-state index contributed by atoms with van der Waals surface area (Å²) in [6, 6.07) is 10.6. The molecular weight excluding hydrogens is 490 g/mol. The number of phenolic OH excluding ortho intramolecular Hbond substituents is 1. The molecule has 0 atom stereocenters. The highest BCUT2D eigenvalue weighted by Crippen LogP contribution is 2.40. The zero-order chi connectivity index (χ0) is 24.6. The number of nitrogens with one attached hydrogen (secondary N) is 1. The minimum absolute atomic E-state index is 0.177. The van der Waals surface area contributed by atoms with Gasteiger partial charge in [0.2, 0.25) is 0 Å². The van der Waals surface area contributed by atoms with Gasteiger partial charge >= 0.3 is 5.69 Å². The minimum atomic E-state index is -4.13. The predicted molar refractivity (Wildman–Crippen MR) is 121 cm³/mol. The average molecular weight is 504 g/mol. The van der Waals surface area contributed by atoms with Gasteiger partial charge in [-0.25, -0.2) is 17.2 Å². The van der Waals surface area contributed by atoms with Crippen molar-refractivity contribution in [3.05, 3.63) is 92.4 Å². The number of phenols is 1. The number of rotatable bonds is 5. The van der Waals surface area contributed by atoms with Crippen molar-refractivity contribution in [2.75, 3.05) is 5.32 Å². The molecule has 1 amide bonds. The van der Waals surface area contributed by atoms with Crippen LogP contribution in [0.25, 0.3) is 6.08 Å². The maximum Gasteiger partial charge on any atom is 0.311 e. The SMILES string of the molecule is O=C1Nc2cc(S(=O)(=O)Cc3c(F)cccc3F)ccc2S/C1=C/c1ccc(O)c([N+](=O)[O-])c1. The van der Waals surface area contributed by atoms with Crippen LogP contribution in [0.3, 0.4) is 0 Å². The molecular formula is C22H14F2N2O6S2. The number of aromatic hydroxyl groups is 1. The number of fused-ring (bicyclic) bond motifs is 1. The number of hydrogen-bond acceptors (Lipinski definition) is 7. The molecule has 8 nitrogen and oxygen atoms in total. The van der Waals surface area contributed by atoms with Gasteiger partial charge in [-0.05, 0) is 48.0 Å². The van der Waals surface area contributed by atoms with E-state index in [0.29, 0.717) is 10.5 Å². The number of halogens is 2. The van der Waals surface area contributed by atoms with Gasteiger partial charge < -0.3 is 10.4 Å². The summed E-state index contributed by atoms with van der Waals surface area (Å²) in [6.45, 7) is 0. The molecule has 0 unspecified atom stereocenters. The van der Waals surface area contributed by atoms with Crippen LogP contribution in [0, 0.1) is 21.7 Å². The number of hydrogen-bond donors (Lipinski definition) is 2. The lowest BCUT2D eigenvalue weighted by Gasteiger charge is -2.19. The third-order valence-electron chi connectivity index (χ3n) is 4.89. The van der Waals surface area contributed by atoms with E-state index in [4.69, 9.17) is 0 Å². The summed E-state index contributed by atoms with van der Waals surface area (Å²) in [6.07, 6.45) is 1.39. The smallest absolute Gasteiger partial charge is 0.311 e. The van der Waals surface area contributed by atoms with Crippen LogP contribution >= 0.6 is 11.8 Å². The van der Waals surface area contributed by atoms with Crippen LogP contribution in [-0.4, -0.2) is 24.4 Å². The van der Waals surface area contributed by atoms with Crippen LogP contribution in [0.2, 0.25) is 0 Å². The molecule has 0 aromatic heterocycles. The Hall–Kier alpha value is -3.77. The number of amides is 1. The van der Waals surface area contributed by atoms with Crippen LogP contribution < -0.4 is 5.32 Å². The second kappa shape index (κ2) is 8.88. The lowest BCUT2D eigenvalue weighted by atomic mass is 10.1. The molecule has 1 aliphatic heterocycles. The molecule has 34 heavy (non-hydrogen) atoms. The van der Waals surface area contributed by atoms with Gasteiger partial charge in [-0.2, -0.15) is 0 Å². The summed E-state index contributed by atoms with van der Waals surface area (Å²) in [4.78, 5) is 23.3. The van der Waals surface area contributed by atoms with Crippen molar-refractivity contribution < 1.29 is 32.0 Å². The van der Waals surface area contributed by atoms with E-state index in [2.05, 4.69) is 5.32 Å². The van der Waals surface area contributed by atoms with Crippen molar-refractivity contribution in [2.45, 2.75) is 15.5 Å². The molecule has 1 aliphatic rings. The van der Waals surface area contributed by atoms with Crippen molar-refractivity contribution in [3.8, 4) is 5.75 Å². The Morgan fingerprint density at radius 1 is 1.09 bits per heavy atom. The molecule has 0 spiro atoms. The molecule has 2 N–H and O–H groups in total. The molecule has 0 saturated carbocycles. The fraction of sp³-hybridized carbons (Fsp3) is 0.0455. The number of nitro groups is 1. The number of nitro benzene ring substituents is 1. The van der Waals surface area contributed by atoms with E-state index < -0.39 is 55.1 Å². The first kappa shape index (κ1) is 23.4. The minimum Gasteiger partial charge on any atom is -0.502 e. The van der Waals surface area contributed by atoms with Gasteiger partial charge in [-0.3, -0.25) is 14.9 Å². The van der Waals surface area contributed by atoms with Gasteiger partial charge in [0.25, 0.3) is 5.91 Å². The molecule has 4 rings (SSSR count). The topological polar surface area (TPSA) is 127 Å². The summed E-state index contributed by atoms with van der Waals surface area (Å²) >= 11 is 1.01. The normalized spacial score (nSPS) is 14.5. The summed E-state index contributed by atoms with van der Waals surface area (Å²) in [5.41, 5.74) is -0.598. The highest BCUT2D eigenvalue weighted by molar-refractivity contribution is 8.04. The average Bonchev–Trinajstić information content (AvgIpc) is 2.77. The Bertz CT molecular complexity index is 1470. The van der Waals surface area contributed by atoms with Gasteiger partial charge in [0.1, 0.15) is 11.6 Å². The fourth-order valence-electron chi connectivity index (χ4n) is 3.20. The molecule has 12 heteroatoms. The van der Waals surface area contributed by atoms with Gasteiger partial charge in [0.15, 0.2) is 15.6 Å². The van der Waals surface area contributed by atoms with Gasteiger partial charge in [-0.1, -0.05) is 23.9 Å². The Morgan fingerprint density at radius 2 is 1.79 bits per heavy atom. The number of benzene rings is 3. The monoisotopic (exact) mass is 504 g/mol. The quantitative estimate of drug-likeness (QED) is 0.294. The van der Waals surface area contributed by atoms with E-state index in [1.807, 2.05) is 0 Å². The number of anilines is 1. The third-order valence-corrected chi connectivity index (χ3v) is 7.63. The predicted octanol–water partition coefficient (Wildman–Crippen LogP) is 4.64. The van der Waals surface area contributed by atoms with Crippen LogP contribution in [-0.2, 0) is 20.4 Å². The van der Waals surface area contributed by atoms with Crippen molar-refractivity contribution >= 4 is 45.0 Å². The first-order valence-corrected chi connectivity index (χ1v) is 12.0. The molecule has 0 fully saturated rings. The Morgan fingerprint density at radius 3 is 2.47 bits per heavy atom. The largest absolute Gasteiger partial charge is 0.502 e. The molecule has 0 bridgehead atoms. The zero-order valence-corrected chi connectivity index (χ0v) is 18.6. The van der Waals surface area contributed by atoms with E-state index in [9.17, 15) is 37.2 Å². The Balaban J connectivity index is 1.62. The molecule has 3 aromatic rings. The molecule has 3 aromatic carbocycles. The molecule has 174 valence electrons. The van der Waals surface area contributed by atoms with E-state index in [0.717, 1.165) is 42.1 Å². The zero-order valence-electron chi connectivity index (χ0n) is 17.0. The standard InChI is InChI=1S/C22H14F2N2O6S2/c23-15-2-1-3-16(24)14(15)11-34(31,32)13-5-7-20-17(10-13)25-22(28)21(33-20)9-12-4-6-19(27)18(8-12)26(29)30/h1-10,27H,11H2,(H,25,28)/b21-9+. The van der Waals surface area contributed by atoms with E-state index in [1.165, 1.54) is 30.3 Å². The lowest BCUT2D eigenvalue weighted by molar-refractivity contribution is -0.385. The molecule has 1 heterocycles.